The average molecular weight is 161 g/mol. The Balaban J connectivity index is 2.95. The van der Waals surface area contributed by atoms with Gasteiger partial charge in [-0.05, 0) is 12.8 Å². The number of urea groups is 1. The summed E-state index contributed by atoms with van der Waals surface area (Å²) in [6, 6.07) is -0.154. The fourth-order valence-electron chi connectivity index (χ4n) is 0.601. The lowest BCUT2D eigenvalue weighted by atomic mass is 10.3. The highest BCUT2D eigenvalue weighted by molar-refractivity contribution is 5.73. The zero-order valence-corrected chi connectivity index (χ0v) is 6.72. The largest absolute Gasteiger partial charge is 0.341 e. The van der Waals surface area contributed by atoms with E-state index in [1.807, 2.05) is 0 Å². The molecule has 4 N–H and O–H groups in total. The Labute approximate surface area is 66.2 Å². The van der Waals surface area contributed by atoms with Gasteiger partial charge in [-0.15, -0.1) is 0 Å². The molecule has 0 heterocycles. The van der Waals surface area contributed by atoms with Crippen molar-refractivity contribution in [3.8, 4) is 0 Å². The summed E-state index contributed by atoms with van der Waals surface area (Å²) in [5.41, 5.74) is 0. The number of nitrogens with two attached hydrogens (primary N) is 1. The molecule has 0 saturated heterocycles. The lowest BCUT2D eigenvalue weighted by Gasteiger charge is -2.02. The van der Waals surface area contributed by atoms with Gasteiger partial charge < -0.3 is 15.5 Å². The molecule has 11 heavy (non-hydrogen) atoms. The smallest absolute Gasteiger partial charge is 0.314 e. The molecule has 66 valence electrons. The van der Waals surface area contributed by atoms with E-state index in [1.54, 1.807) is 7.05 Å². The minimum Gasteiger partial charge on any atom is -0.341 e. The number of rotatable bonds is 5. The molecule has 0 radical (unpaired) electrons. The van der Waals surface area contributed by atoms with Gasteiger partial charge in [0.05, 0.1) is 6.61 Å². The van der Waals surface area contributed by atoms with Crippen LogP contribution in [0.15, 0.2) is 0 Å². The average Bonchev–Trinajstić information content (AvgIpc) is 2.04. The van der Waals surface area contributed by atoms with E-state index in [9.17, 15) is 4.79 Å². The zero-order valence-electron chi connectivity index (χ0n) is 6.72. The highest BCUT2D eigenvalue weighted by atomic mass is 16.6. The summed E-state index contributed by atoms with van der Waals surface area (Å²) in [6.45, 7) is 1.19. The van der Waals surface area contributed by atoms with Gasteiger partial charge in [-0.1, -0.05) is 0 Å². The maximum Gasteiger partial charge on any atom is 0.314 e. The van der Waals surface area contributed by atoms with Crippen molar-refractivity contribution in [2.45, 2.75) is 12.8 Å². The van der Waals surface area contributed by atoms with Crippen LogP contribution in [0.5, 0.6) is 0 Å². The van der Waals surface area contributed by atoms with Crippen LogP contribution in [0, 0.1) is 0 Å². The Morgan fingerprint density at radius 1 is 1.55 bits per heavy atom. The van der Waals surface area contributed by atoms with Gasteiger partial charge in [0.2, 0.25) is 0 Å². The molecule has 0 rings (SSSR count). The van der Waals surface area contributed by atoms with Gasteiger partial charge in [0, 0.05) is 13.6 Å². The molecule has 2 amide bonds. The van der Waals surface area contributed by atoms with Crippen molar-refractivity contribution in [1.82, 2.24) is 10.6 Å². The highest BCUT2D eigenvalue weighted by Crippen LogP contribution is 1.84. The first-order chi connectivity index (χ1) is 5.31. The highest BCUT2D eigenvalue weighted by Gasteiger charge is 1.93. The van der Waals surface area contributed by atoms with Crippen LogP contribution in [0.4, 0.5) is 4.79 Å². The molecule has 0 aromatic heterocycles. The predicted molar refractivity (Wildman–Crippen MR) is 41.8 cm³/mol. The second-order valence-electron chi connectivity index (χ2n) is 2.08. The van der Waals surface area contributed by atoms with Crippen LogP contribution in [-0.2, 0) is 4.84 Å². The molecule has 0 saturated carbocycles. The van der Waals surface area contributed by atoms with Crippen LogP contribution in [0.1, 0.15) is 12.8 Å². The third-order valence-electron chi connectivity index (χ3n) is 1.20. The summed E-state index contributed by atoms with van der Waals surface area (Å²) in [5.74, 6) is 4.80. The molecular formula is C6H15N3O2. The molecule has 0 aromatic rings. The number of carbonyl (C=O) groups excluding carboxylic acids is 1. The quantitative estimate of drug-likeness (QED) is 0.379. The van der Waals surface area contributed by atoms with Crippen molar-refractivity contribution < 1.29 is 9.63 Å². The first kappa shape index (κ1) is 10.2. The summed E-state index contributed by atoms with van der Waals surface area (Å²) < 4.78 is 0. The van der Waals surface area contributed by atoms with Crippen LogP contribution in [0.2, 0.25) is 0 Å². The van der Waals surface area contributed by atoms with Gasteiger partial charge in [-0.2, -0.15) is 0 Å². The van der Waals surface area contributed by atoms with Gasteiger partial charge in [0.1, 0.15) is 0 Å². The molecule has 0 spiro atoms. The SMILES string of the molecule is CNC(=O)NCCCCON. The second-order valence-corrected chi connectivity index (χ2v) is 2.08. The summed E-state index contributed by atoms with van der Waals surface area (Å²) in [5, 5.41) is 5.09. The Bertz CT molecular complexity index is 108. The molecule has 0 unspecified atom stereocenters. The third-order valence-corrected chi connectivity index (χ3v) is 1.20. The van der Waals surface area contributed by atoms with Crippen molar-refractivity contribution in [2.24, 2.45) is 5.90 Å². The van der Waals surface area contributed by atoms with Crippen molar-refractivity contribution in [2.75, 3.05) is 20.2 Å². The number of unbranched alkanes of at least 4 members (excludes halogenated alkanes) is 1. The van der Waals surface area contributed by atoms with Crippen LogP contribution in [-0.4, -0.2) is 26.2 Å². The van der Waals surface area contributed by atoms with Crippen LogP contribution in [0.25, 0.3) is 0 Å². The van der Waals surface area contributed by atoms with Crippen molar-refractivity contribution in [3.63, 3.8) is 0 Å². The molecule has 0 bridgehead atoms. The van der Waals surface area contributed by atoms with E-state index in [0.29, 0.717) is 13.2 Å². The standard InChI is InChI=1S/C6H15N3O2/c1-8-6(10)9-4-2-3-5-11-7/h2-5,7H2,1H3,(H2,8,9,10). The summed E-state index contributed by atoms with van der Waals surface area (Å²) in [4.78, 5) is 14.9. The topological polar surface area (TPSA) is 76.4 Å². The van der Waals surface area contributed by atoms with E-state index in [-0.39, 0.29) is 6.03 Å². The molecular weight excluding hydrogens is 146 g/mol. The number of hydrogen-bond acceptors (Lipinski definition) is 3. The van der Waals surface area contributed by atoms with Gasteiger partial charge in [0.15, 0.2) is 0 Å². The summed E-state index contributed by atoms with van der Waals surface area (Å²) >= 11 is 0. The fourth-order valence-corrected chi connectivity index (χ4v) is 0.601. The molecule has 5 nitrogen and oxygen atoms in total. The Morgan fingerprint density at radius 3 is 2.82 bits per heavy atom. The van der Waals surface area contributed by atoms with E-state index < -0.39 is 0 Å². The van der Waals surface area contributed by atoms with E-state index in [4.69, 9.17) is 5.90 Å². The third kappa shape index (κ3) is 7.08. The van der Waals surface area contributed by atoms with Crippen LogP contribution in [0.3, 0.4) is 0 Å². The molecule has 5 heteroatoms. The maximum absolute atomic E-state index is 10.6. The summed E-state index contributed by atoms with van der Waals surface area (Å²) in [7, 11) is 1.58. The lowest BCUT2D eigenvalue weighted by Crippen LogP contribution is -2.33. The van der Waals surface area contributed by atoms with E-state index in [1.165, 1.54) is 0 Å². The molecule has 0 aromatic carbocycles. The molecule has 0 aliphatic rings. The van der Waals surface area contributed by atoms with Gasteiger partial charge in [-0.3, -0.25) is 0 Å². The first-order valence-corrected chi connectivity index (χ1v) is 3.58. The van der Waals surface area contributed by atoms with E-state index in [2.05, 4.69) is 15.5 Å². The number of hydrogen-bond donors (Lipinski definition) is 3. The molecule has 0 aliphatic carbocycles. The van der Waals surface area contributed by atoms with Crippen molar-refractivity contribution in [3.05, 3.63) is 0 Å². The van der Waals surface area contributed by atoms with E-state index in [0.717, 1.165) is 12.8 Å². The molecule has 0 fully saturated rings. The van der Waals surface area contributed by atoms with Gasteiger partial charge in [0.25, 0.3) is 0 Å². The fraction of sp³-hybridized carbons (Fsp3) is 0.833. The number of nitrogens with one attached hydrogen (secondary N) is 2. The van der Waals surface area contributed by atoms with Gasteiger partial charge >= 0.3 is 6.03 Å². The Morgan fingerprint density at radius 2 is 2.27 bits per heavy atom. The normalized spacial score (nSPS) is 9.27. The van der Waals surface area contributed by atoms with Crippen molar-refractivity contribution in [1.29, 1.82) is 0 Å². The Hall–Kier alpha value is -0.810. The van der Waals surface area contributed by atoms with E-state index >= 15 is 0 Å². The first-order valence-electron chi connectivity index (χ1n) is 3.58. The lowest BCUT2D eigenvalue weighted by molar-refractivity contribution is 0.134. The second kappa shape index (κ2) is 7.30. The monoisotopic (exact) mass is 161 g/mol. The zero-order chi connectivity index (χ0) is 8.53. The Kier molecular flexibility index (Phi) is 6.76. The van der Waals surface area contributed by atoms with Crippen molar-refractivity contribution >= 4 is 6.03 Å². The minimum absolute atomic E-state index is 0.154. The summed E-state index contributed by atoms with van der Waals surface area (Å²) in [6.07, 6.45) is 1.74. The number of carbonyl (C=O) groups is 1. The molecule has 0 atom stereocenters. The maximum atomic E-state index is 10.6. The minimum atomic E-state index is -0.154. The predicted octanol–water partition coefficient (Wildman–Crippen LogP) is -0.414. The van der Waals surface area contributed by atoms with Crippen LogP contribution >= 0.6 is 0 Å². The molecule has 0 aliphatic heterocycles. The van der Waals surface area contributed by atoms with Gasteiger partial charge in [-0.25, -0.2) is 10.7 Å². The number of amides is 2. The van der Waals surface area contributed by atoms with Crippen LogP contribution < -0.4 is 16.5 Å².